The Morgan fingerprint density at radius 2 is 1.59 bits per heavy atom. The summed E-state index contributed by atoms with van der Waals surface area (Å²) in [6.07, 6.45) is 2.38. The molecule has 1 aromatic carbocycles. The Kier molecular flexibility index (Phi) is 5.24. The van der Waals surface area contributed by atoms with E-state index in [4.69, 9.17) is 0 Å². The maximum atomic E-state index is 3.75. The molecule has 0 aliphatic carbocycles. The Morgan fingerprint density at radius 1 is 1.06 bits per heavy atom. The van der Waals surface area contributed by atoms with Crippen LogP contribution in [0.5, 0.6) is 0 Å². The lowest BCUT2D eigenvalue weighted by molar-refractivity contribution is 0.579. The van der Waals surface area contributed by atoms with Gasteiger partial charge in [-0.05, 0) is 35.3 Å². The highest BCUT2D eigenvalue weighted by Gasteiger charge is 2.13. The second kappa shape index (κ2) is 6.04. The summed E-state index contributed by atoms with van der Waals surface area (Å²) < 4.78 is 0. The molecule has 1 aromatic rings. The first-order valence-electron chi connectivity index (χ1n) is 6.54. The van der Waals surface area contributed by atoms with Crippen LogP contribution in [0.1, 0.15) is 52.2 Å². The molecule has 0 saturated carbocycles. The highest BCUT2D eigenvalue weighted by Crippen LogP contribution is 2.23. The van der Waals surface area contributed by atoms with Crippen molar-refractivity contribution in [3.05, 3.63) is 35.4 Å². The quantitative estimate of drug-likeness (QED) is 0.658. The van der Waals surface area contributed by atoms with Gasteiger partial charge in [0.1, 0.15) is 0 Å². The molecule has 0 bridgehead atoms. The minimum atomic E-state index is 0.258. The van der Waals surface area contributed by atoms with Crippen LogP contribution in [-0.2, 0) is 11.8 Å². The number of hydrogen-bond acceptors (Lipinski definition) is 0. The highest BCUT2D eigenvalue weighted by molar-refractivity contribution is 9.09. The third-order valence-electron chi connectivity index (χ3n) is 3.25. The van der Waals surface area contributed by atoms with Crippen molar-refractivity contribution in [2.45, 2.75) is 57.7 Å². The molecular formula is C16H25Br. The molecule has 1 atom stereocenters. The Morgan fingerprint density at radius 3 is 2.00 bits per heavy atom. The fourth-order valence-electron chi connectivity index (χ4n) is 1.81. The van der Waals surface area contributed by atoms with Crippen molar-refractivity contribution >= 4 is 15.9 Å². The van der Waals surface area contributed by atoms with Crippen molar-refractivity contribution in [1.29, 1.82) is 0 Å². The number of aryl methyl sites for hydroxylation is 1. The average Bonchev–Trinajstić information content (AvgIpc) is 2.25. The standard InChI is InChI=1S/C16H25Br/c1-12(2)15(17)11-8-13-6-9-14(10-7-13)16(3,4)5/h6-7,9-10,12,15H,8,11H2,1-5H3. The van der Waals surface area contributed by atoms with Crippen LogP contribution in [-0.4, -0.2) is 4.83 Å². The number of rotatable bonds is 4. The molecule has 0 amide bonds. The highest BCUT2D eigenvalue weighted by atomic mass is 79.9. The van der Waals surface area contributed by atoms with E-state index >= 15 is 0 Å². The summed E-state index contributed by atoms with van der Waals surface area (Å²) in [4.78, 5) is 0.629. The van der Waals surface area contributed by atoms with Gasteiger partial charge in [-0.3, -0.25) is 0 Å². The van der Waals surface area contributed by atoms with Gasteiger partial charge in [0.25, 0.3) is 0 Å². The number of alkyl halides is 1. The predicted octanol–water partition coefficient (Wildman–Crippen LogP) is 5.34. The van der Waals surface area contributed by atoms with Gasteiger partial charge < -0.3 is 0 Å². The van der Waals surface area contributed by atoms with Crippen molar-refractivity contribution < 1.29 is 0 Å². The number of hydrogen-bond donors (Lipinski definition) is 0. The molecule has 0 spiro atoms. The Balaban J connectivity index is 2.57. The van der Waals surface area contributed by atoms with E-state index in [1.54, 1.807) is 0 Å². The summed E-state index contributed by atoms with van der Waals surface area (Å²) in [5, 5.41) is 0. The zero-order valence-electron chi connectivity index (χ0n) is 11.8. The van der Waals surface area contributed by atoms with Crippen molar-refractivity contribution in [2.75, 3.05) is 0 Å². The lowest BCUT2D eigenvalue weighted by atomic mass is 9.86. The van der Waals surface area contributed by atoms with Crippen molar-refractivity contribution in [3.8, 4) is 0 Å². The minimum Gasteiger partial charge on any atom is -0.0888 e. The largest absolute Gasteiger partial charge is 0.0888 e. The van der Waals surface area contributed by atoms with Crippen LogP contribution in [0.25, 0.3) is 0 Å². The van der Waals surface area contributed by atoms with Gasteiger partial charge in [-0.25, -0.2) is 0 Å². The third-order valence-corrected chi connectivity index (χ3v) is 4.77. The first-order valence-corrected chi connectivity index (χ1v) is 7.46. The second-order valence-corrected chi connectivity index (χ2v) is 7.42. The van der Waals surface area contributed by atoms with Crippen LogP contribution in [0.15, 0.2) is 24.3 Å². The van der Waals surface area contributed by atoms with Gasteiger partial charge in [-0.1, -0.05) is 74.8 Å². The average molecular weight is 297 g/mol. The van der Waals surface area contributed by atoms with Crippen molar-refractivity contribution in [2.24, 2.45) is 5.92 Å². The molecule has 1 rings (SSSR count). The monoisotopic (exact) mass is 296 g/mol. The molecule has 0 radical (unpaired) electrons. The Hall–Kier alpha value is -0.300. The fourth-order valence-corrected chi connectivity index (χ4v) is 2.04. The summed E-state index contributed by atoms with van der Waals surface area (Å²) in [5.41, 5.74) is 3.12. The summed E-state index contributed by atoms with van der Waals surface area (Å²) in [6.45, 7) is 11.3. The third kappa shape index (κ3) is 4.83. The first-order chi connectivity index (χ1) is 7.80. The number of halogens is 1. The Bertz CT molecular complexity index is 330. The summed E-state index contributed by atoms with van der Waals surface area (Å²) >= 11 is 3.75. The molecule has 0 saturated heterocycles. The molecule has 0 N–H and O–H groups in total. The Labute approximate surface area is 115 Å². The maximum Gasteiger partial charge on any atom is 0.0172 e. The van der Waals surface area contributed by atoms with E-state index in [-0.39, 0.29) is 5.41 Å². The van der Waals surface area contributed by atoms with Gasteiger partial charge in [0, 0.05) is 4.83 Å². The molecule has 1 unspecified atom stereocenters. The lowest BCUT2D eigenvalue weighted by Crippen LogP contribution is -2.11. The van der Waals surface area contributed by atoms with Crippen LogP contribution >= 0.6 is 15.9 Å². The molecule has 0 aromatic heterocycles. The molecule has 1 heteroatoms. The zero-order chi connectivity index (χ0) is 13.1. The van der Waals surface area contributed by atoms with Gasteiger partial charge in [-0.15, -0.1) is 0 Å². The van der Waals surface area contributed by atoms with E-state index in [2.05, 4.69) is 74.8 Å². The van der Waals surface area contributed by atoms with Crippen LogP contribution in [0.4, 0.5) is 0 Å². The van der Waals surface area contributed by atoms with E-state index in [9.17, 15) is 0 Å². The summed E-state index contributed by atoms with van der Waals surface area (Å²) in [7, 11) is 0. The first kappa shape index (κ1) is 14.8. The van der Waals surface area contributed by atoms with E-state index < -0.39 is 0 Å². The molecule has 0 fully saturated rings. The van der Waals surface area contributed by atoms with E-state index in [1.807, 2.05) is 0 Å². The predicted molar refractivity (Wildman–Crippen MR) is 81.0 cm³/mol. The normalized spacial score (nSPS) is 14.1. The molecule has 0 aliphatic rings. The second-order valence-electron chi connectivity index (χ2n) is 6.25. The van der Waals surface area contributed by atoms with E-state index in [0.717, 1.165) is 0 Å². The summed E-state index contributed by atoms with van der Waals surface area (Å²) in [5.74, 6) is 0.712. The molecule has 17 heavy (non-hydrogen) atoms. The molecule has 0 heterocycles. The lowest BCUT2D eigenvalue weighted by Gasteiger charge is -2.19. The van der Waals surface area contributed by atoms with Gasteiger partial charge in [-0.2, -0.15) is 0 Å². The SMILES string of the molecule is CC(C)C(Br)CCc1ccc(C(C)(C)C)cc1. The van der Waals surface area contributed by atoms with E-state index in [0.29, 0.717) is 10.7 Å². The van der Waals surface area contributed by atoms with Crippen LogP contribution in [0, 0.1) is 5.92 Å². The van der Waals surface area contributed by atoms with Crippen LogP contribution in [0.3, 0.4) is 0 Å². The molecule has 96 valence electrons. The fraction of sp³-hybridized carbons (Fsp3) is 0.625. The van der Waals surface area contributed by atoms with Crippen LogP contribution in [0.2, 0.25) is 0 Å². The molecular weight excluding hydrogens is 272 g/mol. The van der Waals surface area contributed by atoms with Gasteiger partial charge in [0.05, 0.1) is 0 Å². The zero-order valence-corrected chi connectivity index (χ0v) is 13.3. The molecule has 0 aliphatic heterocycles. The van der Waals surface area contributed by atoms with Crippen LogP contribution < -0.4 is 0 Å². The van der Waals surface area contributed by atoms with E-state index in [1.165, 1.54) is 24.0 Å². The van der Waals surface area contributed by atoms with Crippen molar-refractivity contribution in [3.63, 3.8) is 0 Å². The van der Waals surface area contributed by atoms with Gasteiger partial charge in [0.15, 0.2) is 0 Å². The summed E-state index contributed by atoms with van der Waals surface area (Å²) in [6, 6.07) is 9.10. The van der Waals surface area contributed by atoms with Gasteiger partial charge >= 0.3 is 0 Å². The molecule has 0 nitrogen and oxygen atoms in total. The minimum absolute atomic E-state index is 0.258. The van der Waals surface area contributed by atoms with Crippen molar-refractivity contribution in [1.82, 2.24) is 0 Å². The number of benzene rings is 1. The smallest absolute Gasteiger partial charge is 0.0172 e. The topological polar surface area (TPSA) is 0 Å². The van der Waals surface area contributed by atoms with Gasteiger partial charge in [0.2, 0.25) is 0 Å². The maximum absolute atomic E-state index is 3.75.